The Labute approximate surface area is 173 Å². The lowest BCUT2D eigenvalue weighted by Gasteiger charge is -2.12. The molecule has 0 amide bonds. The van der Waals surface area contributed by atoms with Crippen LogP contribution < -0.4 is 10.9 Å². The lowest BCUT2D eigenvalue weighted by atomic mass is 10.1. The molecule has 0 saturated heterocycles. The summed E-state index contributed by atoms with van der Waals surface area (Å²) in [6.07, 6.45) is -2.52. The number of rotatable bonds is 5. The Hall–Kier alpha value is -3.38. The van der Waals surface area contributed by atoms with Crippen LogP contribution in [-0.2, 0) is 12.6 Å². The standard InChI is InChI=1S/C20H13ClF4N4O/c21-17-11-29(14-6-3-12(4-7-14)2-1-9-26)19(30)18(28-17)27-16-8-5-13(10-15(16)22)20(23,24)25/h3-8,10-11H,1-2H2,(H,27,28). The fourth-order valence-electron chi connectivity index (χ4n) is 2.68. The molecule has 30 heavy (non-hydrogen) atoms. The minimum atomic E-state index is -4.69. The van der Waals surface area contributed by atoms with E-state index in [-0.39, 0.29) is 16.7 Å². The third-order valence-electron chi connectivity index (χ3n) is 4.17. The van der Waals surface area contributed by atoms with Gasteiger partial charge in [-0.3, -0.25) is 9.36 Å². The van der Waals surface area contributed by atoms with Crippen LogP contribution in [0.1, 0.15) is 17.5 Å². The first-order valence-electron chi connectivity index (χ1n) is 8.58. The summed E-state index contributed by atoms with van der Waals surface area (Å²) in [4.78, 5) is 16.6. The predicted molar refractivity (Wildman–Crippen MR) is 103 cm³/mol. The number of halogens is 5. The maximum atomic E-state index is 14.1. The van der Waals surface area contributed by atoms with Crippen LogP contribution in [0.25, 0.3) is 5.69 Å². The summed E-state index contributed by atoms with van der Waals surface area (Å²) >= 11 is 5.97. The fraction of sp³-hybridized carbons (Fsp3) is 0.150. The number of nitriles is 1. The van der Waals surface area contributed by atoms with Gasteiger partial charge in [0.15, 0.2) is 5.82 Å². The Balaban J connectivity index is 1.94. The van der Waals surface area contributed by atoms with Crippen LogP contribution >= 0.6 is 11.6 Å². The van der Waals surface area contributed by atoms with Gasteiger partial charge in [0.1, 0.15) is 11.0 Å². The summed E-state index contributed by atoms with van der Waals surface area (Å²) < 4.78 is 53.4. The van der Waals surface area contributed by atoms with Gasteiger partial charge in [0, 0.05) is 12.1 Å². The second-order valence-electron chi connectivity index (χ2n) is 6.23. The van der Waals surface area contributed by atoms with Gasteiger partial charge in [-0.1, -0.05) is 23.7 Å². The maximum Gasteiger partial charge on any atom is 0.416 e. The van der Waals surface area contributed by atoms with Gasteiger partial charge in [-0.15, -0.1) is 0 Å². The van der Waals surface area contributed by atoms with Crippen LogP contribution in [0, 0.1) is 17.1 Å². The van der Waals surface area contributed by atoms with E-state index < -0.39 is 23.1 Å². The summed E-state index contributed by atoms with van der Waals surface area (Å²) in [5, 5.41) is 11.0. The van der Waals surface area contributed by atoms with Crippen molar-refractivity contribution in [1.82, 2.24) is 9.55 Å². The van der Waals surface area contributed by atoms with Gasteiger partial charge in [-0.05, 0) is 42.3 Å². The van der Waals surface area contributed by atoms with Gasteiger partial charge in [-0.25, -0.2) is 9.37 Å². The number of nitrogens with zero attached hydrogens (tertiary/aromatic N) is 3. The Morgan fingerprint density at radius 3 is 2.47 bits per heavy atom. The zero-order valence-corrected chi connectivity index (χ0v) is 15.9. The number of hydrogen-bond donors (Lipinski definition) is 1. The molecule has 1 aromatic heterocycles. The zero-order valence-electron chi connectivity index (χ0n) is 15.2. The van der Waals surface area contributed by atoms with Crippen molar-refractivity contribution in [3.63, 3.8) is 0 Å². The SMILES string of the molecule is N#CCCc1ccc(-n2cc(Cl)nc(Nc3ccc(C(F)(F)F)cc3F)c2=O)cc1. The van der Waals surface area contributed by atoms with E-state index in [0.717, 1.165) is 11.6 Å². The molecular formula is C20H13ClF4N4O. The third-order valence-corrected chi connectivity index (χ3v) is 4.35. The van der Waals surface area contributed by atoms with E-state index in [2.05, 4.69) is 10.3 Å². The van der Waals surface area contributed by atoms with Gasteiger partial charge >= 0.3 is 6.18 Å². The normalized spacial score (nSPS) is 11.2. The molecule has 0 atom stereocenters. The zero-order chi connectivity index (χ0) is 21.9. The molecule has 3 aromatic rings. The van der Waals surface area contributed by atoms with Crippen molar-refractivity contribution in [2.24, 2.45) is 0 Å². The van der Waals surface area contributed by atoms with Crippen LogP contribution in [0.5, 0.6) is 0 Å². The van der Waals surface area contributed by atoms with Crippen LogP contribution in [0.3, 0.4) is 0 Å². The first-order valence-corrected chi connectivity index (χ1v) is 8.96. The molecule has 0 saturated carbocycles. The van der Waals surface area contributed by atoms with E-state index in [4.69, 9.17) is 16.9 Å². The summed E-state index contributed by atoms with van der Waals surface area (Å²) in [6.45, 7) is 0. The molecule has 0 fully saturated rings. The molecule has 0 spiro atoms. The molecule has 0 aliphatic rings. The van der Waals surface area contributed by atoms with Gasteiger partial charge in [0.05, 0.1) is 23.5 Å². The minimum absolute atomic E-state index is 0.0852. The Morgan fingerprint density at radius 2 is 1.87 bits per heavy atom. The Morgan fingerprint density at radius 1 is 1.17 bits per heavy atom. The van der Waals surface area contributed by atoms with Crippen molar-refractivity contribution in [2.75, 3.05) is 5.32 Å². The number of anilines is 2. The Kier molecular flexibility index (Phi) is 6.08. The third kappa shape index (κ3) is 4.78. The number of hydrogen-bond acceptors (Lipinski definition) is 4. The minimum Gasteiger partial charge on any atom is -0.333 e. The van der Waals surface area contributed by atoms with Crippen molar-refractivity contribution in [1.29, 1.82) is 5.26 Å². The second-order valence-corrected chi connectivity index (χ2v) is 6.62. The molecule has 154 valence electrons. The predicted octanol–water partition coefficient (Wildman–Crippen LogP) is 5.24. The summed E-state index contributed by atoms with van der Waals surface area (Å²) in [6, 6.07) is 10.7. The first kappa shape index (κ1) is 21.3. The van der Waals surface area contributed by atoms with E-state index in [0.29, 0.717) is 30.7 Å². The van der Waals surface area contributed by atoms with Crippen molar-refractivity contribution in [2.45, 2.75) is 19.0 Å². The van der Waals surface area contributed by atoms with Gasteiger partial charge in [-0.2, -0.15) is 18.4 Å². The summed E-state index contributed by atoms with van der Waals surface area (Å²) in [5.41, 5.74) is -0.838. The molecule has 0 unspecified atom stereocenters. The van der Waals surface area contributed by atoms with E-state index >= 15 is 0 Å². The van der Waals surface area contributed by atoms with Gasteiger partial charge in [0.2, 0.25) is 0 Å². The van der Waals surface area contributed by atoms with Crippen molar-refractivity contribution >= 4 is 23.1 Å². The highest BCUT2D eigenvalue weighted by Gasteiger charge is 2.31. The summed E-state index contributed by atoms with van der Waals surface area (Å²) in [5.74, 6) is -1.55. The molecule has 1 N–H and O–H groups in total. The molecule has 2 aromatic carbocycles. The number of aryl methyl sites for hydroxylation is 1. The molecule has 0 aliphatic carbocycles. The molecule has 10 heteroatoms. The highest BCUT2D eigenvalue weighted by atomic mass is 35.5. The van der Waals surface area contributed by atoms with E-state index in [1.165, 1.54) is 10.8 Å². The van der Waals surface area contributed by atoms with Crippen molar-refractivity contribution < 1.29 is 17.6 Å². The lowest BCUT2D eigenvalue weighted by molar-refractivity contribution is -0.137. The van der Waals surface area contributed by atoms with Gasteiger partial charge < -0.3 is 5.32 Å². The molecule has 0 bridgehead atoms. The molecule has 3 rings (SSSR count). The number of nitrogens with one attached hydrogen (secondary N) is 1. The molecular weight excluding hydrogens is 424 g/mol. The smallest absolute Gasteiger partial charge is 0.333 e. The van der Waals surface area contributed by atoms with Gasteiger partial charge in [0.25, 0.3) is 5.56 Å². The highest BCUT2D eigenvalue weighted by Crippen LogP contribution is 2.31. The quantitative estimate of drug-likeness (QED) is 0.555. The number of alkyl halides is 3. The molecule has 0 radical (unpaired) electrons. The molecule has 1 heterocycles. The average molecular weight is 437 g/mol. The van der Waals surface area contributed by atoms with Crippen LogP contribution in [0.4, 0.5) is 29.1 Å². The molecule has 5 nitrogen and oxygen atoms in total. The largest absolute Gasteiger partial charge is 0.416 e. The fourth-order valence-corrected chi connectivity index (χ4v) is 2.86. The van der Waals surface area contributed by atoms with E-state index in [9.17, 15) is 22.4 Å². The van der Waals surface area contributed by atoms with E-state index in [1.807, 2.05) is 6.07 Å². The average Bonchev–Trinajstić information content (AvgIpc) is 2.70. The maximum absolute atomic E-state index is 14.1. The monoisotopic (exact) mass is 436 g/mol. The van der Waals surface area contributed by atoms with Crippen molar-refractivity contribution in [3.8, 4) is 11.8 Å². The van der Waals surface area contributed by atoms with Crippen molar-refractivity contribution in [3.05, 3.63) is 81.1 Å². The van der Waals surface area contributed by atoms with Crippen LogP contribution in [0.15, 0.2) is 53.5 Å². The molecule has 0 aliphatic heterocycles. The summed E-state index contributed by atoms with van der Waals surface area (Å²) in [7, 11) is 0. The number of aromatic nitrogens is 2. The van der Waals surface area contributed by atoms with Crippen LogP contribution in [-0.4, -0.2) is 9.55 Å². The van der Waals surface area contributed by atoms with E-state index in [1.54, 1.807) is 24.3 Å². The first-order chi connectivity index (χ1) is 14.2. The number of benzene rings is 2. The topological polar surface area (TPSA) is 70.7 Å². The lowest BCUT2D eigenvalue weighted by Crippen LogP contribution is -2.22. The Bertz CT molecular complexity index is 1170. The van der Waals surface area contributed by atoms with Crippen LogP contribution in [0.2, 0.25) is 5.15 Å². The second kappa shape index (κ2) is 8.55. The highest BCUT2D eigenvalue weighted by molar-refractivity contribution is 6.29.